The van der Waals surface area contributed by atoms with Gasteiger partial charge in [0.1, 0.15) is 11.7 Å². The Kier molecular flexibility index (Phi) is 3.89. The van der Waals surface area contributed by atoms with E-state index in [9.17, 15) is 10.1 Å². The van der Waals surface area contributed by atoms with Crippen molar-refractivity contribution >= 4 is 22.6 Å². The molecule has 0 aliphatic rings. The van der Waals surface area contributed by atoms with Gasteiger partial charge >= 0.3 is 0 Å². The fraction of sp³-hybridized carbons (Fsp3) is 0.250. The molecule has 0 saturated carbocycles. The van der Waals surface area contributed by atoms with Gasteiger partial charge in [-0.1, -0.05) is 23.7 Å². The Morgan fingerprint density at radius 3 is 2.83 bits per heavy atom. The normalized spacial score (nSPS) is 12.3. The molecule has 3 rings (SSSR count). The maximum absolute atomic E-state index is 12.4. The summed E-state index contributed by atoms with van der Waals surface area (Å²) in [4.78, 5) is 17.0. The van der Waals surface area contributed by atoms with Crippen molar-refractivity contribution in [1.82, 2.24) is 19.3 Å². The smallest absolute Gasteiger partial charge is 0.273 e. The monoisotopic (exact) mass is 327 g/mol. The average Bonchev–Trinajstić information content (AvgIpc) is 2.93. The van der Waals surface area contributed by atoms with Crippen LogP contribution in [-0.2, 0) is 13.6 Å². The van der Waals surface area contributed by atoms with Crippen molar-refractivity contribution in [3.63, 3.8) is 0 Å². The fourth-order valence-electron chi connectivity index (χ4n) is 2.70. The first kappa shape index (κ1) is 15.3. The quantitative estimate of drug-likeness (QED) is 0.740. The van der Waals surface area contributed by atoms with E-state index in [1.807, 2.05) is 35.8 Å². The van der Waals surface area contributed by atoms with Crippen LogP contribution in [-0.4, -0.2) is 19.3 Å². The maximum Gasteiger partial charge on any atom is 0.273 e. The van der Waals surface area contributed by atoms with Gasteiger partial charge in [0.15, 0.2) is 0 Å². The number of benzene rings is 1. The summed E-state index contributed by atoms with van der Waals surface area (Å²) in [5, 5.41) is 13.7. The van der Waals surface area contributed by atoms with Crippen molar-refractivity contribution in [3.8, 4) is 6.07 Å². The van der Waals surface area contributed by atoms with E-state index in [0.717, 1.165) is 11.0 Å². The highest BCUT2D eigenvalue weighted by Gasteiger charge is 2.26. The van der Waals surface area contributed by atoms with Crippen molar-refractivity contribution < 1.29 is 0 Å². The van der Waals surface area contributed by atoms with Crippen molar-refractivity contribution in [3.05, 3.63) is 57.2 Å². The van der Waals surface area contributed by atoms with Crippen molar-refractivity contribution in [2.24, 2.45) is 7.05 Å². The van der Waals surface area contributed by atoms with Gasteiger partial charge in [-0.3, -0.25) is 4.79 Å². The fourth-order valence-corrected chi connectivity index (χ4v) is 2.93. The highest BCUT2D eigenvalue weighted by atomic mass is 35.5. The molecule has 23 heavy (non-hydrogen) atoms. The number of hydrogen-bond donors (Lipinski definition) is 0. The molecule has 2 heterocycles. The molecule has 0 N–H and O–H groups in total. The minimum absolute atomic E-state index is 0.175. The van der Waals surface area contributed by atoms with Gasteiger partial charge in [0, 0.05) is 13.6 Å². The molecule has 0 aliphatic carbocycles. The number of imidazole rings is 1. The Labute approximate surface area is 137 Å². The molecule has 116 valence electrons. The topological polar surface area (TPSA) is 76.5 Å². The van der Waals surface area contributed by atoms with Gasteiger partial charge in [-0.2, -0.15) is 10.4 Å². The van der Waals surface area contributed by atoms with E-state index in [1.165, 1.54) is 17.9 Å². The third-order valence-electron chi connectivity index (χ3n) is 3.80. The zero-order valence-electron chi connectivity index (χ0n) is 12.7. The van der Waals surface area contributed by atoms with Gasteiger partial charge in [0.05, 0.1) is 33.9 Å². The van der Waals surface area contributed by atoms with E-state index >= 15 is 0 Å². The SMILES string of the molecule is CCn1c(C(C#N)c2c(Cl)cnn(C)c2=O)nc2ccccc21. The second kappa shape index (κ2) is 5.86. The van der Waals surface area contributed by atoms with Crippen molar-refractivity contribution in [2.75, 3.05) is 0 Å². The second-order valence-electron chi connectivity index (χ2n) is 5.10. The van der Waals surface area contributed by atoms with Gasteiger partial charge < -0.3 is 4.57 Å². The van der Waals surface area contributed by atoms with Crippen LogP contribution in [0.25, 0.3) is 11.0 Å². The van der Waals surface area contributed by atoms with E-state index in [1.54, 1.807) is 0 Å². The molecule has 3 aromatic rings. The molecule has 0 bridgehead atoms. The average molecular weight is 328 g/mol. The van der Waals surface area contributed by atoms with Crippen LogP contribution in [0.1, 0.15) is 24.2 Å². The molecule has 1 unspecified atom stereocenters. The third-order valence-corrected chi connectivity index (χ3v) is 4.10. The predicted molar refractivity (Wildman–Crippen MR) is 87.4 cm³/mol. The number of aromatic nitrogens is 4. The summed E-state index contributed by atoms with van der Waals surface area (Å²) >= 11 is 6.16. The Morgan fingerprint density at radius 1 is 1.39 bits per heavy atom. The molecule has 0 aliphatic heterocycles. The number of para-hydroxylation sites is 2. The van der Waals surface area contributed by atoms with E-state index in [-0.39, 0.29) is 10.6 Å². The van der Waals surface area contributed by atoms with Gasteiger partial charge in [0.2, 0.25) is 0 Å². The highest BCUT2D eigenvalue weighted by molar-refractivity contribution is 6.31. The lowest BCUT2D eigenvalue weighted by Crippen LogP contribution is -2.26. The molecular formula is C16H14ClN5O. The lowest BCUT2D eigenvalue weighted by atomic mass is 10.0. The van der Waals surface area contributed by atoms with Crippen LogP contribution in [0.3, 0.4) is 0 Å². The summed E-state index contributed by atoms with van der Waals surface area (Å²) in [5.41, 5.74) is 1.52. The lowest BCUT2D eigenvalue weighted by Gasteiger charge is -2.13. The van der Waals surface area contributed by atoms with Crippen molar-refractivity contribution in [2.45, 2.75) is 19.4 Å². The molecule has 0 spiro atoms. The highest BCUT2D eigenvalue weighted by Crippen LogP contribution is 2.29. The van der Waals surface area contributed by atoms with Crippen LogP contribution in [0.5, 0.6) is 0 Å². The first-order valence-corrected chi connectivity index (χ1v) is 7.52. The zero-order valence-corrected chi connectivity index (χ0v) is 13.4. The van der Waals surface area contributed by atoms with E-state index in [4.69, 9.17) is 11.6 Å². The first-order valence-electron chi connectivity index (χ1n) is 7.15. The molecule has 0 amide bonds. The predicted octanol–water partition coefficient (Wildman–Crippen LogP) is 2.46. The molecule has 1 atom stereocenters. The maximum atomic E-state index is 12.4. The summed E-state index contributed by atoms with van der Waals surface area (Å²) in [6.45, 7) is 2.61. The van der Waals surface area contributed by atoms with Crippen LogP contribution in [0.4, 0.5) is 0 Å². The van der Waals surface area contributed by atoms with E-state index < -0.39 is 11.5 Å². The van der Waals surface area contributed by atoms with Crippen LogP contribution in [0, 0.1) is 11.3 Å². The second-order valence-corrected chi connectivity index (χ2v) is 5.51. The summed E-state index contributed by atoms with van der Waals surface area (Å²) in [7, 11) is 1.53. The largest absolute Gasteiger partial charge is 0.327 e. The summed E-state index contributed by atoms with van der Waals surface area (Å²) in [6.07, 6.45) is 1.38. The molecule has 6 nitrogen and oxygen atoms in total. The van der Waals surface area contributed by atoms with Gasteiger partial charge in [0.25, 0.3) is 5.56 Å². The van der Waals surface area contributed by atoms with Crippen LogP contribution < -0.4 is 5.56 Å². The van der Waals surface area contributed by atoms with Crippen molar-refractivity contribution in [1.29, 1.82) is 5.26 Å². The van der Waals surface area contributed by atoms with Gasteiger partial charge in [-0.15, -0.1) is 0 Å². The standard InChI is InChI=1S/C16H14ClN5O/c1-3-22-13-7-5-4-6-12(13)20-15(22)10(8-18)14-11(17)9-19-21(2)16(14)23/h4-7,9-10H,3H2,1-2H3. The molecule has 0 radical (unpaired) electrons. The number of halogens is 1. The Balaban J connectivity index is 2.31. The minimum atomic E-state index is -0.850. The van der Waals surface area contributed by atoms with Crippen LogP contribution in [0.15, 0.2) is 35.3 Å². The number of nitriles is 1. The summed E-state index contributed by atoms with van der Waals surface area (Å²) in [6, 6.07) is 9.80. The molecule has 2 aromatic heterocycles. The first-order chi connectivity index (χ1) is 11.1. The minimum Gasteiger partial charge on any atom is -0.327 e. The van der Waals surface area contributed by atoms with E-state index in [2.05, 4.69) is 16.2 Å². The molecule has 0 fully saturated rings. The number of aryl methyl sites for hydroxylation is 2. The third kappa shape index (κ3) is 2.39. The van der Waals surface area contributed by atoms with E-state index in [0.29, 0.717) is 12.4 Å². The van der Waals surface area contributed by atoms with Crippen LogP contribution in [0.2, 0.25) is 5.02 Å². The summed E-state index contributed by atoms with van der Waals surface area (Å²) in [5.74, 6) is -0.335. The van der Waals surface area contributed by atoms with Gasteiger partial charge in [-0.25, -0.2) is 9.67 Å². The molecule has 0 saturated heterocycles. The van der Waals surface area contributed by atoms with Crippen LogP contribution >= 0.6 is 11.6 Å². The molecule has 7 heteroatoms. The lowest BCUT2D eigenvalue weighted by molar-refractivity contribution is 0.670. The number of hydrogen-bond acceptors (Lipinski definition) is 4. The number of rotatable bonds is 3. The van der Waals surface area contributed by atoms with Gasteiger partial charge in [-0.05, 0) is 19.1 Å². The molecule has 1 aromatic carbocycles. The Bertz CT molecular complexity index is 982. The zero-order chi connectivity index (χ0) is 16.6. The Hall–Kier alpha value is -2.65. The number of nitrogens with zero attached hydrogens (tertiary/aromatic N) is 5. The molecular weight excluding hydrogens is 314 g/mol. The Morgan fingerprint density at radius 2 is 2.13 bits per heavy atom. The summed E-state index contributed by atoms with van der Waals surface area (Å²) < 4.78 is 3.10. The number of fused-ring (bicyclic) bond motifs is 1.